The van der Waals surface area contributed by atoms with Crippen LogP contribution in [0.25, 0.3) is 22.2 Å². The molecule has 2 aromatic carbocycles. The molecule has 3 aromatic heterocycles. The van der Waals surface area contributed by atoms with E-state index in [1.165, 1.54) is 6.07 Å². The van der Waals surface area contributed by atoms with Crippen molar-refractivity contribution >= 4 is 22.5 Å². The van der Waals surface area contributed by atoms with Gasteiger partial charge in [-0.3, -0.25) is 9.59 Å². The van der Waals surface area contributed by atoms with Crippen LogP contribution < -0.4 is 16.6 Å². The van der Waals surface area contributed by atoms with Crippen LogP contribution in [-0.2, 0) is 6.54 Å². The van der Waals surface area contributed by atoms with Crippen LogP contribution in [0.3, 0.4) is 0 Å². The fourth-order valence-corrected chi connectivity index (χ4v) is 3.52. The van der Waals surface area contributed by atoms with Crippen molar-refractivity contribution in [2.24, 2.45) is 0 Å². The van der Waals surface area contributed by atoms with Gasteiger partial charge in [0.2, 0.25) is 0 Å². The Morgan fingerprint density at radius 2 is 1.81 bits per heavy atom. The number of pyridine rings is 1. The lowest BCUT2D eigenvalue weighted by atomic mass is 10.1. The van der Waals surface area contributed by atoms with E-state index in [4.69, 9.17) is 0 Å². The van der Waals surface area contributed by atoms with Crippen LogP contribution in [-0.4, -0.2) is 24.8 Å². The smallest absolute Gasteiger partial charge is 0.333 e. The van der Waals surface area contributed by atoms with Gasteiger partial charge in [-0.25, -0.2) is 14.3 Å². The Bertz CT molecular complexity index is 1510. The Kier molecular flexibility index (Phi) is 4.44. The molecule has 0 aliphatic heterocycles. The van der Waals surface area contributed by atoms with Crippen LogP contribution in [0.2, 0.25) is 0 Å². The molecule has 0 atom stereocenters. The number of amides is 1. The second kappa shape index (κ2) is 7.42. The van der Waals surface area contributed by atoms with Gasteiger partial charge in [0.05, 0.1) is 28.8 Å². The summed E-state index contributed by atoms with van der Waals surface area (Å²) >= 11 is 0. The molecular formula is C23H17N5O3. The number of benzene rings is 2. The van der Waals surface area contributed by atoms with Crippen molar-refractivity contribution in [3.05, 3.63) is 111 Å². The monoisotopic (exact) mass is 411 g/mol. The Balaban J connectivity index is 1.43. The summed E-state index contributed by atoms with van der Waals surface area (Å²) in [6, 6.07) is 19.0. The summed E-state index contributed by atoms with van der Waals surface area (Å²) in [5.41, 5.74) is 1.63. The molecule has 1 amide bonds. The predicted octanol–water partition coefficient (Wildman–Crippen LogP) is 2.26. The second-order valence-electron chi connectivity index (χ2n) is 7.05. The van der Waals surface area contributed by atoms with E-state index < -0.39 is 11.2 Å². The number of carbonyl (C=O) groups is 1. The number of nitrogens with one attached hydrogen (secondary N) is 2. The van der Waals surface area contributed by atoms with Crippen LogP contribution in [0.1, 0.15) is 16.1 Å². The van der Waals surface area contributed by atoms with Crippen LogP contribution in [0.4, 0.5) is 0 Å². The molecule has 0 saturated heterocycles. The first-order valence-electron chi connectivity index (χ1n) is 9.65. The molecule has 0 spiro atoms. The van der Waals surface area contributed by atoms with E-state index in [9.17, 15) is 14.4 Å². The maximum atomic E-state index is 12.9. The molecule has 152 valence electrons. The van der Waals surface area contributed by atoms with Crippen molar-refractivity contribution in [2.75, 3.05) is 0 Å². The van der Waals surface area contributed by atoms with Gasteiger partial charge in [-0.2, -0.15) is 0 Å². The lowest BCUT2D eigenvalue weighted by molar-refractivity contribution is 0.0950. The van der Waals surface area contributed by atoms with Gasteiger partial charge in [-0.15, -0.1) is 0 Å². The minimum atomic E-state index is -0.564. The van der Waals surface area contributed by atoms with Crippen LogP contribution in [0.15, 0.2) is 88.7 Å². The number of H-pyrrole nitrogens is 1. The van der Waals surface area contributed by atoms with Gasteiger partial charge in [0.1, 0.15) is 5.65 Å². The first kappa shape index (κ1) is 18.6. The number of imidazole rings is 1. The number of para-hydroxylation sites is 1. The zero-order chi connectivity index (χ0) is 21.4. The molecule has 2 N–H and O–H groups in total. The molecule has 31 heavy (non-hydrogen) atoms. The summed E-state index contributed by atoms with van der Waals surface area (Å²) in [6.45, 7) is 0.255. The molecular weight excluding hydrogens is 394 g/mol. The summed E-state index contributed by atoms with van der Waals surface area (Å²) in [5, 5.41) is 3.14. The standard InChI is InChI=1S/C23H17N5O3/c29-21(24-13-16-14-27-11-5-4-8-20(27)25-16)15-9-10-18-19(12-15)26-23(31)28(22(18)30)17-6-2-1-3-7-17/h1-12,14H,13H2,(H,24,29)(H,26,31). The Morgan fingerprint density at radius 1 is 1.00 bits per heavy atom. The summed E-state index contributed by atoms with van der Waals surface area (Å²) < 4.78 is 2.95. The third kappa shape index (κ3) is 3.40. The van der Waals surface area contributed by atoms with Crippen molar-refractivity contribution in [3.8, 4) is 5.69 Å². The average Bonchev–Trinajstić information content (AvgIpc) is 3.21. The van der Waals surface area contributed by atoms with Gasteiger partial charge < -0.3 is 14.7 Å². The molecule has 5 aromatic rings. The lowest BCUT2D eigenvalue weighted by Crippen LogP contribution is -2.33. The molecule has 8 nitrogen and oxygen atoms in total. The predicted molar refractivity (Wildman–Crippen MR) is 117 cm³/mol. The van der Waals surface area contributed by atoms with E-state index in [1.54, 1.807) is 42.5 Å². The van der Waals surface area contributed by atoms with Crippen LogP contribution in [0.5, 0.6) is 0 Å². The molecule has 0 bridgehead atoms. The normalized spacial score (nSPS) is 11.1. The van der Waals surface area contributed by atoms with E-state index in [2.05, 4.69) is 15.3 Å². The number of rotatable bonds is 4. The molecule has 0 fully saturated rings. The number of hydrogen-bond donors (Lipinski definition) is 2. The highest BCUT2D eigenvalue weighted by Gasteiger charge is 2.13. The number of carbonyl (C=O) groups excluding carboxylic acids is 1. The van der Waals surface area contributed by atoms with Gasteiger partial charge in [0.25, 0.3) is 11.5 Å². The molecule has 0 unspecified atom stereocenters. The number of hydrogen-bond acceptors (Lipinski definition) is 4. The molecule has 8 heteroatoms. The minimum absolute atomic E-state index is 0.255. The largest absolute Gasteiger partial charge is 0.346 e. The maximum Gasteiger partial charge on any atom is 0.333 e. The van der Waals surface area contributed by atoms with Crippen molar-refractivity contribution in [2.45, 2.75) is 6.54 Å². The average molecular weight is 411 g/mol. The highest BCUT2D eigenvalue weighted by Crippen LogP contribution is 2.11. The van der Waals surface area contributed by atoms with E-state index >= 15 is 0 Å². The fourth-order valence-electron chi connectivity index (χ4n) is 3.52. The number of aromatic nitrogens is 4. The molecule has 5 rings (SSSR count). The summed E-state index contributed by atoms with van der Waals surface area (Å²) in [6.07, 6.45) is 3.73. The molecule has 0 saturated carbocycles. The summed E-state index contributed by atoms with van der Waals surface area (Å²) in [4.78, 5) is 45.1. The Morgan fingerprint density at radius 3 is 2.61 bits per heavy atom. The zero-order valence-electron chi connectivity index (χ0n) is 16.3. The van der Waals surface area contributed by atoms with E-state index in [0.717, 1.165) is 15.9 Å². The van der Waals surface area contributed by atoms with Crippen LogP contribution in [0, 0.1) is 0 Å². The third-order valence-corrected chi connectivity index (χ3v) is 5.02. The van der Waals surface area contributed by atoms with Gasteiger partial charge in [0.15, 0.2) is 0 Å². The van der Waals surface area contributed by atoms with Gasteiger partial charge >= 0.3 is 5.69 Å². The number of nitrogens with zero attached hydrogens (tertiary/aromatic N) is 3. The summed E-state index contributed by atoms with van der Waals surface area (Å²) in [5.74, 6) is -0.327. The Hall–Kier alpha value is -4.46. The minimum Gasteiger partial charge on any atom is -0.346 e. The lowest BCUT2D eigenvalue weighted by Gasteiger charge is -2.08. The highest BCUT2D eigenvalue weighted by atomic mass is 16.2. The Labute approximate surface area is 175 Å². The van der Waals surface area contributed by atoms with Crippen LogP contribution >= 0.6 is 0 Å². The SMILES string of the molecule is O=C(NCc1cn2ccccc2n1)c1ccc2c(=O)n(-c3ccccc3)c(=O)[nH]c2c1. The van der Waals surface area contributed by atoms with Gasteiger partial charge in [0, 0.05) is 18.0 Å². The van der Waals surface area contributed by atoms with Crippen molar-refractivity contribution in [1.82, 2.24) is 24.3 Å². The summed E-state index contributed by atoms with van der Waals surface area (Å²) in [7, 11) is 0. The maximum absolute atomic E-state index is 12.9. The first-order chi connectivity index (χ1) is 15.1. The molecule has 0 radical (unpaired) electrons. The van der Waals surface area contributed by atoms with Gasteiger partial charge in [-0.05, 0) is 42.5 Å². The first-order valence-corrected chi connectivity index (χ1v) is 9.65. The zero-order valence-corrected chi connectivity index (χ0v) is 16.3. The third-order valence-electron chi connectivity index (χ3n) is 5.02. The quantitative estimate of drug-likeness (QED) is 0.474. The van der Waals surface area contributed by atoms with E-state index in [-0.39, 0.29) is 12.5 Å². The van der Waals surface area contributed by atoms with Crippen molar-refractivity contribution < 1.29 is 4.79 Å². The van der Waals surface area contributed by atoms with E-state index in [0.29, 0.717) is 22.2 Å². The highest BCUT2D eigenvalue weighted by molar-refractivity contribution is 5.97. The number of fused-ring (bicyclic) bond motifs is 2. The van der Waals surface area contributed by atoms with Crippen molar-refractivity contribution in [1.29, 1.82) is 0 Å². The van der Waals surface area contributed by atoms with Crippen molar-refractivity contribution in [3.63, 3.8) is 0 Å². The van der Waals surface area contributed by atoms with Gasteiger partial charge in [-0.1, -0.05) is 24.3 Å². The fraction of sp³-hybridized carbons (Fsp3) is 0.0435. The molecule has 0 aliphatic rings. The van der Waals surface area contributed by atoms with E-state index in [1.807, 2.05) is 35.0 Å². The topological polar surface area (TPSA) is 101 Å². The second-order valence-corrected chi connectivity index (χ2v) is 7.05. The molecule has 0 aliphatic carbocycles. The number of aromatic amines is 1. The molecule has 3 heterocycles.